The molecule has 2 aromatic rings. The molecule has 1 N–H and O–H groups in total. The van der Waals surface area contributed by atoms with Crippen molar-refractivity contribution in [3.63, 3.8) is 0 Å². The van der Waals surface area contributed by atoms with Gasteiger partial charge in [-0.15, -0.1) is 0 Å². The van der Waals surface area contributed by atoms with Gasteiger partial charge >= 0.3 is 11.6 Å². The number of ether oxygens (including phenoxy) is 1. The van der Waals surface area contributed by atoms with Crippen molar-refractivity contribution in [3.05, 3.63) is 33.9 Å². The molecule has 0 amide bonds. The lowest BCUT2D eigenvalue weighted by molar-refractivity contribution is -0.142. The predicted octanol–water partition coefficient (Wildman–Crippen LogP) is 1.27. The fraction of sp³-hybridized carbons (Fsp3) is 0.250. The molecule has 6 nitrogen and oxygen atoms in total. The number of rotatable bonds is 2. The minimum Gasteiger partial charge on any atom is -0.502 e. The Morgan fingerprint density at radius 3 is 2.94 bits per heavy atom. The standard InChI is InChI=1S/C12H11NO5/c1-6-11-9(3-10(15)12(16)18-11)8(4-13-6)5-17-7(2)14/h3-4,15H,5H2,1-2H3. The third kappa shape index (κ3) is 2.17. The van der Waals surface area contributed by atoms with Crippen molar-refractivity contribution >= 4 is 16.9 Å². The van der Waals surface area contributed by atoms with E-state index in [4.69, 9.17) is 9.15 Å². The number of esters is 1. The molecule has 2 aromatic heterocycles. The van der Waals surface area contributed by atoms with E-state index in [1.165, 1.54) is 19.2 Å². The summed E-state index contributed by atoms with van der Waals surface area (Å²) in [6.45, 7) is 2.98. The average Bonchev–Trinajstić information content (AvgIpc) is 2.31. The van der Waals surface area contributed by atoms with Crippen molar-refractivity contribution in [2.75, 3.05) is 0 Å². The Labute approximate surface area is 102 Å². The Morgan fingerprint density at radius 1 is 1.56 bits per heavy atom. The number of aromatic nitrogens is 1. The Morgan fingerprint density at radius 2 is 2.28 bits per heavy atom. The lowest BCUT2D eigenvalue weighted by atomic mass is 10.1. The van der Waals surface area contributed by atoms with E-state index < -0.39 is 17.3 Å². The predicted molar refractivity (Wildman–Crippen MR) is 62.2 cm³/mol. The van der Waals surface area contributed by atoms with E-state index in [-0.39, 0.29) is 12.2 Å². The van der Waals surface area contributed by atoms with Crippen molar-refractivity contribution in [3.8, 4) is 5.75 Å². The molecule has 0 aliphatic heterocycles. The second-order valence-corrected chi connectivity index (χ2v) is 3.81. The van der Waals surface area contributed by atoms with Gasteiger partial charge in [-0.05, 0) is 13.0 Å². The normalized spacial score (nSPS) is 10.6. The second-order valence-electron chi connectivity index (χ2n) is 3.81. The van der Waals surface area contributed by atoms with Crippen LogP contribution in [0.25, 0.3) is 11.0 Å². The zero-order valence-electron chi connectivity index (χ0n) is 9.89. The highest BCUT2D eigenvalue weighted by atomic mass is 16.5. The summed E-state index contributed by atoms with van der Waals surface area (Å²) < 4.78 is 9.83. The molecule has 0 saturated heterocycles. The molecule has 0 unspecified atom stereocenters. The zero-order chi connectivity index (χ0) is 13.3. The van der Waals surface area contributed by atoms with E-state index in [0.717, 1.165) is 0 Å². The third-order valence-corrected chi connectivity index (χ3v) is 2.45. The van der Waals surface area contributed by atoms with Crippen molar-refractivity contribution < 1.29 is 19.1 Å². The van der Waals surface area contributed by atoms with Gasteiger partial charge in [-0.25, -0.2) is 4.79 Å². The summed E-state index contributed by atoms with van der Waals surface area (Å²) in [7, 11) is 0. The molecular formula is C12H11NO5. The molecule has 6 heteroatoms. The number of pyridine rings is 1. The van der Waals surface area contributed by atoms with Crippen LogP contribution in [0, 0.1) is 6.92 Å². The quantitative estimate of drug-likeness (QED) is 0.806. The van der Waals surface area contributed by atoms with Crippen LogP contribution in [-0.4, -0.2) is 16.1 Å². The monoisotopic (exact) mass is 249 g/mol. The van der Waals surface area contributed by atoms with E-state index >= 15 is 0 Å². The first-order valence-corrected chi connectivity index (χ1v) is 5.23. The van der Waals surface area contributed by atoms with Gasteiger partial charge in [-0.2, -0.15) is 0 Å². The summed E-state index contributed by atoms with van der Waals surface area (Å²) in [6.07, 6.45) is 1.51. The van der Waals surface area contributed by atoms with Gasteiger partial charge < -0.3 is 14.3 Å². The Hall–Kier alpha value is -2.37. The maximum atomic E-state index is 11.2. The summed E-state index contributed by atoms with van der Waals surface area (Å²) >= 11 is 0. The molecule has 2 heterocycles. The summed E-state index contributed by atoms with van der Waals surface area (Å²) in [5, 5.41) is 9.88. The van der Waals surface area contributed by atoms with Crippen molar-refractivity contribution in [2.24, 2.45) is 0 Å². The highest BCUT2D eigenvalue weighted by molar-refractivity contribution is 5.82. The minimum atomic E-state index is -0.822. The number of aryl methyl sites for hydroxylation is 1. The second kappa shape index (κ2) is 4.48. The van der Waals surface area contributed by atoms with E-state index in [9.17, 15) is 14.7 Å². The Bertz CT molecular complexity index is 674. The van der Waals surface area contributed by atoms with Gasteiger partial charge in [-0.3, -0.25) is 9.78 Å². The average molecular weight is 249 g/mol. The number of carbonyl (C=O) groups is 1. The molecule has 0 aliphatic carbocycles. The smallest absolute Gasteiger partial charge is 0.378 e. The van der Waals surface area contributed by atoms with Gasteiger partial charge in [-0.1, -0.05) is 0 Å². The molecule has 94 valence electrons. The molecule has 18 heavy (non-hydrogen) atoms. The first kappa shape index (κ1) is 12.1. The lowest BCUT2D eigenvalue weighted by Gasteiger charge is -2.07. The number of nitrogens with zero attached hydrogens (tertiary/aromatic N) is 1. The van der Waals surface area contributed by atoms with Crippen LogP contribution in [0.2, 0.25) is 0 Å². The van der Waals surface area contributed by atoms with Crippen LogP contribution in [0.4, 0.5) is 0 Å². The van der Waals surface area contributed by atoms with Crippen LogP contribution in [0.5, 0.6) is 5.75 Å². The van der Waals surface area contributed by atoms with Crippen LogP contribution in [-0.2, 0) is 16.1 Å². The number of fused-ring (bicyclic) bond motifs is 1. The zero-order valence-corrected chi connectivity index (χ0v) is 9.89. The number of hydrogen-bond donors (Lipinski definition) is 1. The van der Waals surface area contributed by atoms with Gasteiger partial charge in [0.05, 0.1) is 5.69 Å². The molecule has 2 rings (SSSR count). The number of hydrogen-bond acceptors (Lipinski definition) is 6. The molecule has 0 bridgehead atoms. The van der Waals surface area contributed by atoms with Crippen LogP contribution < -0.4 is 5.63 Å². The summed E-state index contributed by atoms with van der Waals surface area (Å²) in [5.74, 6) is -0.914. The molecule has 0 aromatic carbocycles. The summed E-state index contributed by atoms with van der Waals surface area (Å²) in [5.41, 5.74) is 0.540. The van der Waals surface area contributed by atoms with Crippen molar-refractivity contribution in [1.29, 1.82) is 0 Å². The maximum Gasteiger partial charge on any atom is 0.378 e. The van der Waals surface area contributed by atoms with Crippen LogP contribution in [0.3, 0.4) is 0 Å². The molecule has 0 saturated carbocycles. The SMILES string of the molecule is CC(=O)OCc1cnc(C)c2oc(=O)c(O)cc12. The lowest BCUT2D eigenvalue weighted by Crippen LogP contribution is -2.04. The summed E-state index contributed by atoms with van der Waals surface area (Å²) in [6, 6.07) is 1.29. The van der Waals surface area contributed by atoms with Gasteiger partial charge in [0.2, 0.25) is 5.75 Å². The highest BCUT2D eigenvalue weighted by Crippen LogP contribution is 2.22. The molecule has 0 atom stereocenters. The van der Waals surface area contributed by atoms with Crippen LogP contribution >= 0.6 is 0 Å². The Balaban J connectivity index is 2.61. The van der Waals surface area contributed by atoms with E-state index in [0.29, 0.717) is 16.6 Å². The molecule has 0 aliphatic rings. The Kier molecular flexibility index (Phi) is 3.01. The van der Waals surface area contributed by atoms with Gasteiger partial charge in [0.15, 0.2) is 5.58 Å². The maximum absolute atomic E-state index is 11.2. The molecule has 0 fully saturated rings. The van der Waals surface area contributed by atoms with Gasteiger partial charge in [0.25, 0.3) is 0 Å². The fourth-order valence-corrected chi connectivity index (χ4v) is 1.57. The van der Waals surface area contributed by atoms with Crippen molar-refractivity contribution in [2.45, 2.75) is 20.5 Å². The van der Waals surface area contributed by atoms with Crippen LogP contribution in [0.15, 0.2) is 21.5 Å². The number of carbonyl (C=O) groups excluding carboxylic acids is 1. The van der Waals surface area contributed by atoms with Crippen LogP contribution in [0.1, 0.15) is 18.2 Å². The first-order chi connectivity index (χ1) is 8.49. The first-order valence-electron chi connectivity index (χ1n) is 5.23. The topological polar surface area (TPSA) is 89.6 Å². The van der Waals surface area contributed by atoms with Gasteiger partial charge in [0.1, 0.15) is 6.61 Å². The largest absolute Gasteiger partial charge is 0.502 e. The minimum absolute atomic E-state index is 0.00623. The molecular weight excluding hydrogens is 238 g/mol. The molecule has 0 spiro atoms. The van der Waals surface area contributed by atoms with E-state index in [1.54, 1.807) is 6.92 Å². The highest BCUT2D eigenvalue weighted by Gasteiger charge is 2.11. The summed E-state index contributed by atoms with van der Waals surface area (Å²) in [4.78, 5) is 26.1. The van der Waals surface area contributed by atoms with E-state index in [2.05, 4.69) is 4.98 Å². The van der Waals surface area contributed by atoms with Gasteiger partial charge in [0, 0.05) is 24.1 Å². The van der Waals surface area contributed by atoms with Crippen molar-refractivity contribution in [1.82, 2.24) is 4.98 Å². The molecule has 0 radical (unpaired) electrons. The number of aromatic hydroxyl groups is 1. The third-order valence-electron chi connectivity index (χ3n) is 2.45. The van der Waals surface area contributed by atoms with E-state index in [1.807, 2.05) is 0 Å². The fourth-order valence-electron chi connectivity index (χ4n) is 1.57.